The fraction of sp³-hybridized carbons (Fsp3) is 0.857. The van der Waals surface area contributed by atoms with E-state index >= 15 is 0 Å². The van der Waals surface area contributed by atoms with Gasteiger partial charge in [-0.25, -0.2) is 5.26 Å². The number of nitrogens with zero attached hydrogens (tertiary/aromatic N) is 1. The van der Waals surface area contributed by atoms with Crippen LogP contribution < -0.4 is 0 Å². The summed E-state index contributed by atoms with van der Waals surface area (Å²) >= 11 is 0. The van der Waals surface area contributed by atoms with Gasteiger partial charge in [-0.05, 0) is 0 Å². The Bertz CT molecular complexity index is 45.7. The van der Waals surface area contributed by atoms with Crippen molar-refractivity contribution in [3.05, 3.63) is 0 Å². The summed E-state index contributed by atoms with van der Waals surface area (Å²) < 4.78 is 0. The summed E-state index contributed by atoms with van der Waals surface area (Å²) in [4.78, 5) is 0. The molecule has 0 radical (unpaired) electrons. The van der Waals surface area contributed by atoms with Crippen LogP contribution in [0.1, 0.15) is 38.5 Å². The van der Waals surface area contributed by atoms with Crippen molar-refractivity contribution in [2.45, 2.75) is 38.5 Å². The summed E-state index contributed by atoms with van der Waals surface area (Å²) in [5.41, 5.74) is 0. The molecule has 1 rings (SSSR count). The third-order valence-corrected chi connectivity index (χ3v) is 1.50. The minimum absolute atomic E-state index is 0. The van der Waals surface area contributed by atoms with Gasteiger partial charge in [-0.1, -0.05) is 38.5 Å². The van der Waals surface area contributed by atoms with Crippen LogP contribution >= 0.6 is 0 Å². The highest BCUT2D eigenvalue weighted by molar-refractivity contribution is 4.51. The second kappa shape index (κ2) is 10.4. The molecule has 0 amide bonds. The summed E-state index contributed by atoms with van der Waals surface area (Å²) in [7, 11) is 0. The van der Waals surface area contributed by atoms with Gasteiger partial charge in [0, 0.05) is 6.57 Å². The van der Waals surface area contributed by atoms with Gasteiger partial charge in [-0.3, -0.25) is 0 Å². The van der Waals surface area contributed by atoms with Crippen LogP contribution in [0.25, 0.3) is 0 Å². The average Bonchev–Trinajstić information content (AvgIpc) is 1.96. The first kappa shape index (κ1) is 11.3. The zero-order chi connectivity index (χ0) is 6.24. The maximum Gasteiger partial charge on any atom is 0.0462 e. The Morgan fingerprint density at radius 3 is 0.889 bits per heavy atom. The Kier molecular flexibility index (Phi) is 13.1. The molecule has 0 spiro atoms. The lowest BCUT2D eigenvalue weighted by molar-refractivity contribution is 0.504. The first-order valence-corrected chi connectivity index (χ1v) is 3.26. The normalized spacial score (nSPS) is 16.2. The third-order valence-electron chi connectivity index (χ3n) is 1.50. The molecule has 0 unspecified atom stereocenters. The molecule has 0 atom stereocenters. The van der Waals surface area contributed by atoms with Crippen molar-refractivity contribution in [2.75, 3.05) is 0 Å². The minimum Gasteiger partial charge on any atom is -0.412 e. The van der Waals surface area contributed by atoms with Crippen molar-refractivity contribution in [3.8, 4) is 6.57 Å². The molecule has 1 aliphatic carbocycles. The Hall–Kier alpha value is -0.550. The van der Waals surface area contributed by atoms with E-state index in [2.05, 4.69) is 6.57 Å². The van der Waals surface area contributed by atoms with Crippen molar-refractivity contribution in [1.29, 1.82) is 5.26 Å². The molecule has 0 bridgehead atoms. The van der Waals surface area contributed by atoms with Crippen molar-refractivity contribution < 1.29 is 5.48 Å². The molecular formula is C7H15NO. The van der Waals surface area contributed by atoms with Crippen LogP contribution in [0.3, 0.4) is 0 Å². The SMILES string of the molecule is C#N.C1CCCCC1.O. The number of hydrogen-bond acceptors (Lipinski definition) is 1. The molecule has 0 heterocycles. The maximum atomic E-state index is 6.50. The molecule has 54 valence electrons. The van der Waals surface area contributed by atoms with Crippen LogP contribution in [0, 0.1) is 11.8 Å². The molecule has 2 N–H and O–H groups in total. The van der Waals surface area contributed by atoms with E-state index in [4.69, 9.17) is 5.26 Å². The molecule has 1 saturated carbocycles. The lowest BCUT2D eigenvalue weighted by atomic mass is 10.0. The van der Waals surface area contributed by atoms with E-state index in [-0.39, 0.29) is 5.48 Å². The zero-order valence-corrected chi connectivity index (χ0v) is 5.77. The van der Waals surface area contributed by atoms with E-state index in [9.17, 15) is 0 Å². The van der Waals surface area contributed by atoms with Crippen LogP contribution in [0.5, 0.6) is 0 Å². The van der Waals surface area contributed by atoms with E-state index in [1.807, 2.05) is 0 Å². The molecule has 2 nitrogen and oxygen atoms in total. The highest BCUT2D eigenvalue weighted by Crippen LogP contribution is 2.15. The predicted molar refractivity (Wildman–Crippen MR) is 38.0 cm³/mol. The summed E-state index contributed by atoms with van der Waals surface area (Å²) in [6.07, 6.45) is 9.00. The van der Waals surface area contributed by atoms with Gasteiger partial charge in [-0.15, -0.1) is 0 Å². The highest BCUT2D eigenvalue weighted by Gasteiger charge is 1.95. The smallest absolute Gasteiger partial charge is 0.0462 e. The largest absolute Gasteiger partial charge is 0.412 e. The van der Waals surface area contributed by atoms with Gasteiger partial charge < -0.3 is 5.48 Å². The van der Waals surface area contributed by atoms with Gasteiger partial charge in [0.1, 0.15) is 0 Å². The number of rotatable bonds is 0. The van der Waals surface area contributed by atoms with Crippen molar-refractivity contribution in [1.82, 2.24) is 0 Å². The summed E-state index contributed by atoms with van der Waals surface area (Å²) in [6, 6.07) is 0. The molecule has 0 aromatic heterocycles. The molecule has 0 aliphatic heterocycles. The van der Waals surface area contributed by atoms with Gasteiger partial charge in [0.2, 0.25) is 0 Å². The van der Waals surface area contributed by atoms with Gasteiger partial charge in [0.25, 0.3) is 0 Å². The fourth-order valence-corrected chi connectivity index (χ4v) is 1.06. The van der Waals surface area contributed by atoms with E-state index < -0.39 is 0 Å². The predicted octanol–water partition coefficient (Wildman–Crippen LogP) is 1.66. The standard InChI is InChI=1S/C6H12.CHN.H2O/c1-2-4-6-5-3-1;1-2;/h1-6H2;1H;1H2. The van der Waals surface area contributed by atoms with Gasteiger partial charge in [0.05, 0.1) is 0 Å². The molecule has 0 aromatic rings. The molecule has 9 heavy (non-hydrogen) atoms. The molecule has 0 saturated heterocycles. The summed E-state index contributed by atoms with van der Waals surface area (Å²) in [6.45, 7) is 3.50. The number of nitriles is 1. The Morgan fingerprint density at radius 1 is 0.667 bits per heavy atom. The zero-order valence-electron chi connectivity index (χ0n) is 5.77. The second-order valence-electron chi connectivity index (χ2n) is 2.12. The average molecular weight is 129 g/mol. The third kappa shape index (κ3) is 7.45. The van der Waals surface area contributed by atoms with Gasteiger partial charge >= 0.3 is 0 Å². The van der Waals surface area contributed by atoms with Crippen molar-refractivity contribution in [2.24, 2.45) is 0 Å². The Labute approximate surface area is 56.8 Å². The molecule has 1 aliphatic rings. The van der Waals surface area contributed by atoms with E-state index in [0.29, 0.717) is 0 Å². The van der Waals surface area contributed by atoms with Crippen LogP contribution in [0.4, 0.5) is 0 Å². The van der Waals surface area contributed by atoms with Gasteiger partial charge in [-0.2, -0.15) is 0 Å². The van der Waals surface area contributed by atoms with E-state index in [1.165, 1.54) is 38.5 Å². The quantitative estimate of drug-likeness (QED) is 0.490. The van der Waals surface area contributed by atoms with E-state index in [0.717, 1.165) is 0 Å². The molecule has 0 aromatic carbocycles. The fourth-order valence-electron chi connectivity index (χ4n) is 1.06. The first-order valence-electron chi connectivity index (χ1n) is 3.26. The van der Waals surface area contributed by atoms with Crippen LogP contribution in [0.2, 0.25) is 0 Å². The van der Waals surface area contributed by atoms with Crippen LogP contribution in [-0.2, 0) is 0 Å². The molecule has 2 heteroatoms. The number of hydrogen-bond donors (Lipinski definition) is 0. The van der Waals surface area contributed by atoms with Crippen molar-refractivity contribution >= 4 is 0 Å². The lowest BCUT2D eigenvalue weighted by Gasteiger charge is -2.05. The monoisotopic (exact) mass is 129 g/mol. The summed E-state index contributed by atoms with van der Waals surface area (Å²) in [5, 5.41) is 6.50. The van der Waals surface area contributed by atoms with Gasteiger partial charge in [0.15, 0.2) is 0 Å². The van der Waals surface area contributed by atoms with Crippen LogP contribution in [0.15, 0.2) is 0 Å². The van der Waals surface area contributed by atoms with E-state index in [1.54, 1.807) is 0 Å². The molecular weight excluding hydrogens is 114 g/mol. The topological polar surface area (TPSA) is 55.3 Å². The van der Waals surface area contributed by atoms with Crippen molar-refractivity contribution in [3.63, 3.8) is 0 Å². The Morgan fingerprint density at radius 2 is 0.778 bits per heavy atom. The lowest BCUT2D eigenvalue weighted by Crippen LogP contribution is -1.85. The van der Waals surface area contributed by atoms with Crippen LogP contribution in [-0.4, -0.2) is 5.48 Å². The molecule has 1 fully saturated rings. The first-order chi connectivity index (χ1) is 4.00. The Balaban J connectivity index is 0. The highest BCUT2D eigenvalue weighted by atomic mass is 16.0. The second-order valence-corrected chi connectivity index (χ2v) is 2.12. The minimum atomic E-state index is 0. The summed E-state index contributed by atoms with van der Waals surface area (Å²) in [5.74, 6) is 0. The maximum absolute atomic E-state index is 6.50.